The Balaban J connectivity index is 2.47. The molecule has 0 spiro atoms. The first-order valence-corrected chi connectivity index (χ1v) is 7.25. The summed E-state index contributed by atoms with van der Waals surface area (Å²) < 4.78 is 24.0. The number of aromatic nitrogens is 2. The molecule has 0 aliphatic rings. The van der Waals surface area contributed by atoms with Crippen LogP contribution in [0.4, 0.5) is 0 Å². The van der Waals surface area contributed by atoms with Gasteiger partial charge in [-0.1, -0.05) is 6.42 Å². The van der Waals surface area contributed by atoms with Crippen molar-refractivity contribution >= 4 is 21.4 Å². The molecule has 1 heterocycles. The Morgan fingerprint density at radius 2 is 2.13 bits per heavy atom. The van der Waals surface area contributed by atoms with Crippen molar-refractivity contribution in [1.29, 1.82) is 0 Å². The van der Waals surface area contributed by atoms with Crippen molar-refractivity contribution in [3.05, 3.63) is 12.4 Å². The second-order valence-electron chi connectivity index (χ2n) is 3.46. The monoisotopic (exact) mass is 250 g/mol. The topological polar surface area (TPSA) is 52.0 Å². The van der Waals surface area contributed by atoms with Crippen molar-refractivity contribution in [2.24, 2.45) is 0 Å². The summed E-state index contributed by atoms with van der Waals surface area (Å²) in [5.41, 5.74) is 0. The molecule has 0 aliphatic carbocycles. The van der Waals surface area contributed by atoms with Gasteiger partial charge in [-0.2, -0.15) is 5.10 Å². The summed E-state index contributed by atoms with van der Waals surface area (Å²) in [4.78, 5) is 0.278. The van der Waals surface area contributed by atoms with Crippen LogP contribution in [0, 0.1) is 0 Å². The summed E-state index contributed by atoms with van der Waals surface area (Å²) >= 11 is 5.55. The molecule has 0 N–H and O–H groups in total. The molecule has 0 aliphatic heterocycles. The van der Waals surface area contributed by atoms with Crippen LogP contribution in [0.2, 0.25) is 0 Å². The van der Waals surface area contributed by atoms with Gasteiger partial charge in [0, 0.05) is 24.9 Å². The van der Waals surface area contributed by atoms with Gasteiger partial charge >= 0.3 is 0 Å². The Morgan fingerprint density at radius 3 is 2.67 bits per heavy atom. The summed E-state index contributed by atoms with van der Waals surface area (Å²) in [5, 5.41) is 3.98. The third kappa shape index (κ3) is 4.22. The number of alkyl halides is 1. The maximum Gasteiger partial charge on any atom is 0.178 e. The van der Waals surface area contributed by atoms with Crippen LogP contribution in [-0.4, -0.2) is 30.3 Å². The number of halogens is 1. The van der Waals surface area contributed by atoms with E-state index in [1.807, 2.05) is 0 Å². The fourth-order valence-corrected chi connectivity index (χ4v) is 1.94. The number of sulfone groups is 1. The molecule has 86 valence electrons. The van der Waals surface area contributed by atoms with Gasteiger partial charge in [-0.25, -0.2) is 8.42 Å². The number of hydrogen-bond donors (Lipinski definition) is 0. The number of aryl methyl sites for hydroxylation is 1. The number of rotatable bonds is 6. The van der Waals surface area contributed by atoms with Crippen molar-refractivity contribution in [2.45, 2.75) is 30.7 Å². The molecule has 1 rings (SSSR count). The van der Waals surface area contributed by atoms with Crippen LogP contribution in [0.3, 0.4) is 0 Å². The molecule has 0 bridgehead atoms. The van der Waals surface area contributed by atoms with E-state index >= 15 is 0 Å². The molecule has 0 aromatic carbocycles. The van der Waals surface area contributed by atoms with E-state index in [9.17, 15) is 8.42 Å². The van der Waals surface area contributed by atoms with E-state index in [0.29, 0.717) is 5.88 Å². The average molecular weight is 251 g/mol. The van der Waals surface area contributed by atoms with Crippen LogP contribution in [0.5, 0.6) is 0 Å². The van der Waals surface area contributed by atoms with Gasteiger partial charge in [0.1, 0.15) is 4.90 Å². The molecule has 0 atom stereocenters. The molecular weight excluding hydrogens is 236 g/mol. The Kier molecular flexibility index (Phi) is 4.60. The van der Waals surface area contributed by atoms with Gasteiger partial charge in [0.2, 0.25) is 0 Å². The van der Waals surface area contributed by atoms with E-state index < -0.39 is 9.84 Å². The highest BCUT2D eigenvalue weighted by Gasteiger charge is 2.09. The highest BCUT2D eigenvalue weighted by molar-refractivity contribution is 7.90. The zero-order valence-electron chi connectivity index (χ0n) is 8.69. The van der Waals surface area contributed by atoms with E-state index in [2.05, 4.69) is 5.10 Å². The predicted octanol–water partition coefficient (Wildman–Crippen LogP) is 1.70. The Labute approximate surface area is 95.2 Å². The van der Waals surface area contributed by atoms with E-state index in [-0.39, 0.29) is 4.90 Å². The van der Waals surface area contributed by atoms with E-state index in [4.69, 9.17) is 11.6 Å². The molecule has 0 radical (unpaired) electrons. The molecule has 4 nitrogen and oxygen atoms in total. The highest BCUT2D eigenvalue weighted by Crippen LogP contribution is 2.07. The van der Waals surface area contributed by atoms with Crippen LogP contribution in [0.1, 0.15) is 19.3 Å². The lowest BCUT2D eigenvalue weighted by molar-refractivity contribution is 0.553. The summed E-state index contributed by atoms with van der Waals surface area (Å²) in [6.07, 6.45) is 7.13. The van der Waals surface area contributed by atoms with Gasteiger partial charge in [-0.15, -0.1) is 11.6 Å². The smallest absolute Gasteiger partial charge is 0.178 e. The molecule has 6 heteroatoms. The van der Waals surface area contributed by atoms with Gasteiger partial charge in [0.25, 0.3) is 0 Å². The zero-order valence-corrected chi connectivity index (χ0v) is 10.3. The van der Waals surface area contributed by atoms with Gasteiger partial charge in [0.05, 0.1) is 6.20 Å². The van der Waals surface area contributed by atoms with Gasteiger partial charge < -0.3 is 0 Å². The largest absolute Gasteiger partial charge is 0.271 e. The first kappa shape index (κ1) is 12.5. The van der Waals surface area contributed by atoms with Gasteiger partial charge in [-0.3, -0.25) is 4.68 Å². The lowest BCUT2D eigenvalue weighted by Gasteiger charge is -1.99. The summed E-state index contributed by atoms with van der Waals surface area (Å²) in [6.45, 7) is 0.742. The van der Waals surface area contributed by atoms with Crippen molar-refractivity contribution < 1.29 is 8.42 Å². The third-order valence-electron chi connectivity index (χ3n) is 2.06. The molecule has 0 saturated carbocycles. The molecule has 1 aromatic rings. The molecule has 0 unspecified atom stereocenters. The maximum absolute atomic E-state index is 11.2. The number of hydrogen-bond acceptors (Lipinski definition) is 3. The third-order valence-corrected chi connectivity index (χ3v) is 3.39. The molecule has 0 amide bonds. The Hall–Kier alpha value is -0.550. The first-order valence-electron chi connectivity index (χ1n) is 4.82. The maximum atomic E-state index is 11.2. The zero-order chi connectivity index (χ0) is 11.3. The van der Waals surface area contributed by atoms with E-state index in [0.717, 1.165) is 25.8 Å². The summed E-state index contributed by atoms with van der Waals surface area (Å²) in [7, 11) is -3.12. The minimum Gasteiger partial charge on any atom is -0.271 e. The molecular formula is C9H15ClN2O2S. The average Bonchev–Trinajstić information content (AvgIpc) is 2.60. The second kappa shape index (κ2) is 5.51. The number of unbranched alkanes of at least 4 members (excludes halogenated alkanes) is 2. The SMILES string of the molecule is CS(=O)(=O)c1cnn(CCCCCCl)c1. The first-order chi connectivity index (χ1) is 7.04. The lowest BCUT2D eigenvalue weighted by Crippen LogP contribution is -1.99. The van der Waals surface area contributed by atoms with Crippen LogP contribution in [0.25, 0.3) is 0 Å². The standard InChI is InChI=1S/C9H15ClN2O2S/c1-15(13,14)9-7-11-12(8-9)6-4-2-3-5-10/h7-8H,2-6H2,1H3. The lowest BCUT2D eigenvalue weighted by atomic mass is 10.2. The van der Waals surface area contributed by atoms with Crippen molar-refractivity contribution in [1.82, 2.24) is 9.78 Å². The molecule has 15 heavy (non-hydrogen) atoms. The second-order valence-corrected chi connectivity index (χ2v) is 5.85. The molecule has 0 fully saturated rings. The Bertz CT molecular complexity index is 400. The van der Waals surface area contributed by atoms with Crippen molar-refractivity contribution in [2.75, 3.05) is 12.1 Å². The van der Waals surface area contributed by atoms with Gasteiger partial charge in [0.15, 0.2) is 9.84 Å². The highest BCUT2D eigenvalue weighted by atomic mass is 35.5. The minimum absolute atomic E-state index is 0.278. The van der Waals surface area contributed by atoms with Crippen molar-refractivity contribution in [3.8, 4) is 0 Å². The van der Waals surface area contributed by atoms with E-state index in [1.54, 1.807) is 10.9 Å². The van der Waals surface area contributed by atoms with Crippen LogP contribution < -0.4 is 0 Å². The van der Waals surface area contributed by atoms with Crippen LogP contribution in [-0.2, 0) is 16.4 Å². The van der Waals surface area contributed by atoms with Crippen LogP contribution in [0.15, 0.2) is 17.3 Å². The number of nitrogens with zero attached hydrogens (tertiary/aromatic N) is 2. The Morgan fingerprint density at radius 1 is 1.40 bits per heavy atom. The predicted molar refractivity (Wildman–Crippen MR) is 59.9 cm³/mol. The summed E-state index contributed by atoms with van der Waals surface area (Å²) in [6, 6.07) is 0. The summed E-state index contributed by atoms with van der Waals surface area (Å²) in [5.74, 6) is 0.674. The van der Waals surface area contributed by atoms with Gasteiger partial charge in [-0.05, 0) is 12.8 Å². The fraction of sp³-hybridized carbons (Fsp3) is 0.667. The fourth-order valence-electron chi connectivity index (χ4n) is 1.20. The normalized spacial score (nSPS) is 11.9. The molecule has 1 aromatic heterocycles. The van der Waals surface area contributed by atoms with Crippen LogP contribution >= 0.6 is 11.6 Å². The molecule has 0 saturated heterocycles. The van der Waals surface area contributed by atoms with E-state index in [1.165, 1.54) is 12.5 Å². The minimum atomic E-state index is -3.12. The quantitative estimate of drug-likeness (QED) is 0.570. The van der Waals surface area contributed by atoms with Crippen molar-refractivity contribution in [3.63, 3.8) is 0 Å².